The number of hydrogen-bond donors (Lipinski definition) is 1. The summed E-state index contributed by atoms with van der Waals surface area (Å²) in [6.07, 6.45) is 7.67. The van der Waals surface area contributed by atoms with Crippen LogP contribution in [-0.2, 0) is 4.79 Å². The Bertz CT molecular complexity index is 194. The van der Waals surface area contributed by atoms with Crippen LogP contribution in [-0.4, -0.2) is 11.1 Å². The second kappa shape index (κ2) is 4.29. The maximum Gasteiger partial charge on any atom is 0.306 e. The van der Waals surface area contributed by atoms with Gasteiger partial charge in [-0.3, -0.25) is 4.79 Å². The molecular formula is C10H16O2. The van der Waals surface area contributed by atoms with Gasteiger partial charge in [0.05, 0.1) is 5.92 Å². The molecule has 1 aliphatic carbocycles. The van der Waals surface area contributed by atoms with Crippen molar-refractivity contribution in [2.75, 3.05) is 0 Å². The molecule has 0 aromatic rings. The van der Waals surface area contributed by atoms with Crippen LogP contribution < -0.4 is 0 Å². The number of carboxylic acid groups (broad SMARTS) is 1. The van der Waals surface area contributed by atoms with E-state index in [1.807, 2.05) is 0 Å². The summed E-state index contributed by atoms with van der Waals surface area (Å²) < 4.78 is 0. The average molecular weight is 168 g/mol. The SMILES string of the molecule is CC(CCC1=CCCC1)C(=O)O. The second-order valence-corrected chi connectivity index (χ2v) is 3.53. The molecule has 0 radical (unpaired) electrons. The molecule has 0 bridgehead atoms. The Kier molecular flexibility index (Phi) is 3.32. The minimum Gasteiger partial charge on any atom is -0.481 e. The standard InChI is InChI=1S/C10H16O2/c1-8(10(11)12)6-7-9-4-2-3-5-9/h4,8H,2-3,5-7H2,1H3,(H,11,12). The summed E-state index contributed by atoms with van der Waals surface area (Å²) in [5, 5.41) is 8.64. The Morgan fingerprint density at radius 2 is 2.50 bits per heavy atom. The van der Waals surface area contributed by atoms with E-state index in [9.17, 15) is 4.79 Å². The minimum absolute atomic E-state index is 0.188. The Hall–Kier alpha value is -0.790. The van der Waals surface area contributed by atoms with Crippen LogP contribution >= 0.6 is 0 Å². The van der Waals surface area contributed by atoms with Crippen molar-refractivity contribution in [3.05, 3.63) is 11.6 Å². The van der Waals surface area contributed by atoms with Gasteiger partial charge in [0, 0.05) is 0 Å². The van der Waals surface area contributed by atoms with Crippen LogP contribution in [0.5, 0.6) is 0 Å². The Morgan fingerprint density at radius 1 is 1.75 bits per heavy atom. The highest BCUT2D eigenvalue weighted by Crippen LogP contribution is 2.23. The predicted molar refractivity (Wildman–Crippen MR) is 48.0 cm³/mol. The summed E-state index contributed by atoms with van der Waals surface area (Å²) in [5.41, 5.74) is 1.46. The van der Waals surface area contributed by atoms with Crippen molar-refractivity contribution in [2.24, 2.45) is 5.92 Å². The van der Waals surface area contributed by atoms with Crippen LogP contribution in [0, 0.1) is 5.92 Å². The Balaban J connectivity index is 2.20. The summed E-state index contributed by atoms with van der Waals surface area (Å²) in [6, 6.07) is 0. The van der Waals surface area contributed by atoms with E-state index in [0.717, 1.165) is 12.8 Å². The lowest BCUT2D eigenvalue weighted by molar-refractivity contribution is -0.141. The predicted octanol–water partition coefficient (Wildman–Crippen LogP) is 2.60. The molecule has 0 fully saturated rings. The van der Waals surface area contributed by atoms with E-state index < -0.39 is 5.97 Å². The number of carboxylic acids is 1. The molecule has 1 unspecified atom stereocenters. The molecule has 2 nitrogen and oxygen atoms in total. The molecule has 1 atom stereocenters. The Morgan fingerprint density at radius 3 is 3.00 bits per heavy atom. The van der Waals surface area contributed by atoms with E-state index in [1.165, 1.54) is 24.8 Å². The maximum atomic E-state index is 10.5. The number of rotatable bonds is 4. The smallest absolute Gasteiger partial charge is 0.306 e. The van der Waals surface area contributed by atoms with Crippen LogP contribution in [0.25, 0.3) is 0 Å². The average Bonchev–Trinajstić information content (AvgIpc) is 2.51. The van der Waals surface area contributed by atoms with Crippen LogP contribution in [0.2, 0.25) is 0 Å². The Labute approximate surface area is 73.3 Å². The molecule has 0 saturated carbocycles. The van der Waals surface area contributed by atoms with Crippen LogP contribution in [0.15, 0.2) is 11.6 Å². The van der Waals surface area contributed by atoms with E-state index in [2.05, 4.69) is 6.08 Å². The molecule has 0 aromatic heterocycles. The van der Waals surface area contributed by atoms with Crippen LogP contribution in [0.1, 0.15) is 39.0 Å². The lowest BCUT2D eigenvalue weighted by Gasteiger charge is -2.05. The van der Waals surface area contributed by atoms with Crippen molar-refractivity contribution in [1.29, 1.82) is 0 Å². The van der Waals surface area contributed by atoms with E-state index in [1.54, 1.807) is 6.92 Å². The molecular weight excluding hydrogens is 152 g/mol. The molecule has 12 heavy (non-hydrogen) atoms. The van der Waals surface area contributed by atoms with Gasteiger partial charge in [-0.15, -0.1) is 0 Å². The topological polar surface area (TPSA) is 37.3 Å². The third-order valence-corrected chi connectivity index (χ3v) is 2.46. The number of carbonyl (C=O) groups is 1. The van der Waals surface area contributed by atoms with E-state index in [0.29, 0.717) is 0 Å². The molecule has 1 rings (SSSR count). The third-order valence-electron chi connectivity index (χ3n) is 2.46. The molecule has 0 saturated heterocycles. The molecule has 0 aliphatic heterocycles. The molecule has 1 N–H and O–H groups in total. The summed E-state index contributed by atoms with van der Waals surface area (Å²) in [4.78, 5) is 10.5. The molecule has 0 aromatic carbocycles. The molecule has 1 aliphatic rings. The van der Waals surface area contributed by atoms with E-state index in [4.69, 9.17) is 5.11 Å². The molecule has 2 heteroatoms. The van der Waals surface area contributed by atoms with E-state index >= 15 is 0 Å². The number of hydrogen-bond acceptors (Lipinski definition) is 1. The van der Waals surface area contributed by atoms with Crippen molar-refractivity contribution in [3.8, 4) is 0 Å². The first kappa shape index (κ1) is 9.30. The number of allylic oxidation sites excluding steroid dienone is 2. The van der Waals surface area contributed by atoms with Gasteiger partial charge in [-0.2, -0.15) is 0 Å². The van der Waals surface area contributed by atoms with Gasteiger partial charge in [-0.05, 0) is 32.1 Å². The summed E-state index contributed by atoms with van der Waals surface area (Å²) in [7, 11) is 0. The molecule has 68 valence electrons. The first-order valence-electron chi connectivity index (χ1n) is 4.61. The summed E-state index contributed by atoms with van der Waals surface area (Å²) in [6.45, 7) is 1.78. The monoisotopic (exact) mass is 168 g/mol. The first-order chi connectivity index (χ1) is 5.70. The lowest BCUT2D eigenvalue weighted by Crippen LogP contribution is -2.09. The van der Waals surface area contributed by atoms with Crippen LogP contribution in [0.4, 0.5) is 0 Å². The van der Waals surface area contributed by atoms with Gasteiger partial charge in [0.1, 0.15) is 0 Å². The minimum atomic E-state index is -0.673. The second-order valence-electron chi connectivity index (χ2n) is 3.53. The zero-order chi connectivity index (χ0) is 8.97. The van der Waals surface area contributed by atoms with E-state index in [-0.39, 0.29) is 5.92 Å². The maximum absolute atomic E-state index is 10.5. The normalized spacial score (nSPS) is 18.9. The van der Waals surface area contributed by atoms with Gasteiger partial charge in [0.2, 0.25) is 0 Å². The largest absolute Gasteiger partial charge is 0.481 e. The highest BCUT2D eigenvalue weighted by molar-refractivity contribution is 5.69. The highest BCUT2D eigenvalue weighted by atomic mass is 16.4. The first-order valence-corrected chi connectivity index (χ1v) is 4.61. The quantitative estimate of drug-likeness (QED) is 0.655. The highest BCUT2D eigenvalue weighted by Gasteiger charge is 2.12. The fraction of sp³-hybridized carbons (Fsp3) is 0.700. The van der Waals surface area contributed by atoms with Crippen molar-refractivity contribution < 1.29 is 9.90 Å². The van der Waals surface area contributed by atoms with Crippen molar-refractivity contribution in [3.63, 3.8) is 0 Å². The lowest BCUT2D eigenvalue weighted by atomic mass is 10.0. The number of aliphatic carboxylic acids is 1. The zero-order valence-corrected chi connectivity index (χ0v) is 7.55. The summed E-state index contributed by atoms with van der Waals surface area (Å²) >= 11 is 0. The fourth-order valence-electron chi connectivity index (χ4n) is 1.49. The van der Waals surface area contributed by atoms with Gasteiger partial charge in [0.15, 0.2) is 0 Å². The zero-order valence-electron chi connectivity index (χ0n) is 7.55. The third kappa shape index (κ3) is 2.68. The van der Waals surface area contributed by atoms with Gasteiger partial charge in [0.25, 0.3) is 0 Å². The molecule has 0 amide bonds. The fourth-order valence-corrected chi connectivity index (χ4v) is 1.49. The van der Waals surface area contributed by atoms with Crippen molar-refractivity contribution in [1.82, 2.24) is 0 Å². The molecule has 0 spiro atoms. The van der Waals surface area contributed by atoms with Crippen molar-refractivity contribution in [2.45, 2.75) is 39.0 Å². The summed E-state index contributed by atoms with van der Waals surface area (Å²) in [5.74, 6) is -0.861. The van der Waals surface area contributed by atoms with Gasteiger partial charge >= 0.3 is 5.97 Å². The van der Waals surface area contributed by atoms with Crippen LogP contribution in [0.3, 0.4) is 0 Å². The van der Waals surface area contributed by atoms with Gasteiger partial charge in [-0.1, -0.05) is 18.6 Å². The van der Waals surface area contributed by atoms with Gasteiger partial charge in [-0.25, -0.2) is 0 Å². The van der Waals surface area contributed by atoms with Crippen molar-refractivity contribution >= 4 is 5.97 Å². The van der Waals surface area contributed by atoms with Gasteiger partial charge < -0.3 is 5.11 Å². The molecule has 0 heterocycles.